The van der Waals surface area contributed by atoms with E-state index in [1.807, 2.05) is 13.8 Å². The highest BCUT2D eigenvalue weighted by Crippen LogP contribution is 2.36. The Morgan fingerprint density at radius 1 is 0.973 bits per heavy atom. The van der Waals surface area contributed by atoms with E-state index in [9.17, 15) is 19.2 Å². The van der Waals surface area contributed by atoms with Crippen LogP contribution < -0.4 is 4.90 Å². The summed E-state index contributed by atoms with van der Waals surface area (Å²) in [7, 11) is 0. The Balaban J connectivity index is 2.39. The van der Waals surface area contributed by atoms with Crippen molar-refractivity contribution in [1.82, 2.24) is 0 Å². The molecule has 0 unspecified atom stereocenters. The predicted molar refractivity (Wildman–Crippen MR) is 142 cm³/mol. The molecule has 0 bridgehead atoms. The number of amides is 2. The molecule has 0 aliphatic heterocycles. The summed E-state index contributed by atoms with van der Waals surface area (Å²) in [4.78, 5) is 52.4. The largest absolute Gasteiger partial charge is 0.465 e. The number of halogens is 2. The van der Waals surface area contributed by atoms with Crippen LogP contribution in [-0.2, 0) is 28.7 Å². The van der Waals surface area contributed by atoms with Crippen molar-refractivity contribution < 1.29 is 33.0 Å². The Labute approximate surface area is 227 Å². The molecule has 0 N–H and O–H groups in total. The van der Waals surface area contributed by atoms with Crippen LogP contribution in [0.1, 0.15) is 78.6 Å². The van der Waals surface area contributed by atoms with Gasteiger partial charge in [0.05, 0.1) is 29.7 Å². The van der Waals surface area contributed by atoms with Crippen LogP contribution in [0.3, 0.4) is 0 Å². The molecule has 0 atom stereocenters. The first-order valence-electron chi connectivity index (χ1n) is 12.8. The first kappa shape index (κ1) is 30.8. The van der Waals surface area contributed by atoms with Crippen molar-refractivity contribution in [2.75, 3.05) is 23.9 Å². The number of rotatable bonds is 13. The number of nitrogens with zero attached hydrogens (tertiary/aromatic N) is 1. The van der Waals surface area contributed by atoms with Crippen molar-refractivity contribution in [1.29, 1.82) is 0 Å². The first-order valence-corrected chi connectivity index (χ1v) is 14.1. The summed E-state index contributed by atoms with van der Waals surface area (Å²) in [6.07, 6.45) is 5.12. The van der Waals surface area contributed by atoms with Gasteiger partial charge in [-0.1, -0.05) is 45.2 Å². The second-order valence-electron chi connectivity index (χ2n) is 8.64. The molecule has 1 aromatic rings. The summed E-state index contributed by atoms with van der Waals surface area (Å²) in [5, 5.41) is 0.0426. The zero-order valence-electron chi connectivity index (χ0n) is 21.7. The normalized spacial score (nSPS) is 13.3. The fraction of sp³-hybridized carbons (Fsp3) is 0.556. The maximum Gasteiger partial charge on any atom is 0.334 e. The van der Waals surface area contributed by atoms with E-state index in [1.165, 1.54) is 6.07 Å². The van der Waals surface area contributed by atoms with Gasteiger partial charge < -0.3 is 9.47 Å². The molecule has 1 aliphatic rings. The lowest BCUT2D eigenvalue weighted by atomic mass is 9.90. The average Bonchev–Trinajstić information content (AvgIpc) is 2.89. The molecule has 37 heavy (non-hydrogen) atoms. The van der Waals surface area contributed by atoms with E-state index in [0.29, 0.717) is 37.2 Å². The topological polar surface area (TPSA) is 90.0 Å². The van der Waals surface area contributed by atoms with Gasteiger partial charge in [0.2, 0.25) is 5.91 Å². The molecule has 1 aliphatic carbocycles. The van der Waals surface area contributed by atoms with Crippen LogP contribution in [0.15, 0.2) is 28.2 Å². The third-order valence-corrected chi connectivity index (χ3v) is 7.26. The standard InChI is InChI=1S/C27H35ClFNO6S/c1-4-7-13-35-25(32)17-37-23-16-22(21(29)15-20(23)28)30(24(31)6-3)26(33)18-11-9-10-12-19(18)27(34)36-14-8-5-2/h15-16H,4-14,17H2,1-3H3. The molecule has 204 valence electrons. The number of hydrogen-bond acceptors (Lipinski definition) is 7. The van der Waals surface area contributed by atoms with Gasteiger partial charge in [-0.15, -0.1) is 11.8 Å². The monoisotopic (exact) mass is 555 g/mol. The Hall–Kier alpha value is -2.39. The quantitative estimate of drug-likeness (QED) is 0.158. The van der Waals surface area contributed by atoms with Crippen LogP contribution in [0, 0.1) is 5.82 Å². The lowest BCUT2D eigenvalue weighted by Gasteiger charge is -2.26. The van der Waals surface area contributed by atoms with Gasteiger partial charge >= 0.3 is 11.9 Å². The van der Waals surface area contributed by atoms with Crippen LogP contribution >= 0.6 is 23.4 Å². The number of imide groups is 1. The summed E-state index contributed by atoms with van der Waals surface area (Å²) in [5.74, 6) is -3.32. The molecule has 0 spiro atoms. The fourth-order valence-corrected chi connectivity index (χ4v) is 4.78. The number of anilines is 1. The van der Waals surface area contributed by atoms with Crippen molar-refractivity contribution in [3.8, 4) is 0 Å². The van der Waals surface area contributed by atoms with E-state index >= 15 is 4.39 Å². The summed E-state index contributed by atoms with van der Waals surface area (Å²) in [6, 6.07) is 2.30. The summed E-state index contributed by atoms with van der Waals surface area (Å²) < 4.78 is 25.6. The van der Waals surface area contributed by atoms with Crippen LogP contribution in [0.5, 0.6) is 0 Å². The zero-order chi connectivity index (χ0) is 27.4. The third-order valence-electron chi connectivity index (χ3n) is 5.81. The van der Waals surface area contributed by atoms with Gasteiger partial charge in [0.1, 0.15) is 5.82 Å². The molecule has 0 saturated heterocycles. The zero-order valence-corrected chi connectivity index (χ0v) is 23.3. The van der Waals surface area contributed by atoms with E-state index in [2.05, 4.69) is 0 Å². The minimum atomic E-state index is -0.862. The number of unbranched alkanes of at least 4 members (excludes halogenated alkanes) is 2. The van der Waals surface area contributed by atoms with Gasteiger partial charge in [0, 0.05) is 22.5 Å². The molecule has 0 saturated carbocycles. The van der Waals surface area contributed by atoms with E-state index < -0.39 is 29.6 Å². The number of carbonyl (C=O) groups excluding carboxylic acids is 4. The molecule has 2 amide bonds. The molecule has 0 aromatic heterocycles. The Kier molecular flexibility index (Phi) is 13.1. The van der Waals surface area contributed by atoms with Gasteiger partial charge in [-0.05, 0) is 50.7 Å². The fourth-order valence-electron chi connectivity index (χ4n) is 3.72. The van der Waals surface area contributed by atoms with E-state index in [4.69, 9.17) is 21.1 Å². The van der Waals surface area contributed by atoms with Crippen LogP contribution in [0.2, 0.25) is 5.02 Å². The maximum absolute atomic E-state index is 15.1. The lowest BCUT2D eigenvalue weighted by molar-refractivity contribution is -0.141. The van der Waals surface area contributed by atoms with Crippen LogP contribution in [0.4, 0.5) is 10.1 Å². The SMILES string of the molecule is CCCCOC(=O)CSc1cc(N(C(=O)CC)C(=O)C2=C(C(=O)OCCCC)CCCC2)c(F)cc1Cl. The minimum absolute atomic E-state index is 0.0426. The van der Waals surface area contributed by atoms with Crippen molar-refractivity contribution >= 4 is 52.8 Å². The second-order valence-corrected chi connectivity index (χ2v) is 10.1. The first-order chi connectivity index (χ1) is 17.7. The number of benzene rings is 1. The maximum atomic E-state index is 15.1. The van der Waals surface area contributed by atoms with Gasteiger partial charge in [-0.25, -0.2) is 14.1 Å². The molecule has 2 rings (SSSR count). The molecule has 0 heterocycles. The molecular weight excluding hydrogens is 521 g/mol. The lowest BCUT2D eigenvalue weighted by Crippen LogP contribution is -2.39. The van der Waals surface area contributed by atoms with Crippen molar-refractivity contribution in [3.05, 3.63) is 34.1 Å². The Bertz CT molecular complexity index is 1030. The molecule has 10 heteroatoms. The molecular formula is C27H35ClFNO6S. The average molecular weight is 556 g/mol. The number of hydrogen-bond donors (Lipinski definition) is 0. The summed E-state index contributed by atoms with van der Waals surface area (Å²) in [5.41, 5.74) is 0.123. The van der Waals surface area contributed by atoms with Crippen molar-refractivity contribution in [3.63, 3.8) is 0 Å². The van der Waals surface area contributed by atoms with Gasteiger partial charge in [0.15, 0.2) is 0 Å². The number of thioether (sulfide) groups is 1. The van der Waals surface area contributed by atoms with Gasteiger partial charge in [-0.3, -0.25) is 14.4 Å². The summed E-state index contributed by atoms with van der Waals surface area (Å²) in [6.45, 7) is 6.07. The number of carbonyl (C=O) groups is 4. The highest BCUT2D eigenvalue weighted by Gasteiger charge is 2.33. The minimum Gasteiger partial charge on any atom is -0.465 e. The van der Waals surface area contributed by atoms with Gasteiger partial charge in [0.25, 0.3) is 5.91 Å². The highest BCUT2D eigenvalue weighted by molar-refractivity contribution is 8.00. The van der Waals surface area contributed by atoms with E-state index in [0.717, 1.165) is 42.0 Å². The molecule has 0 radical (unpaired) electrons. The predicted octanol–water partition coefficient (Wildman–Crippen LogP) is 6.40. The van der Waals surface area contributed by atoms with E-state index in [-0.39, 0.29) is 47.1 Å². The summed E-state index contributed by atoms with van der Waals surface area (Å²) >= 11 is 7.24. The second kappa shape index (κ2) is 15.8. The van der Waals surface area contributed by atoms with Gasteiger partial charge in [-0.2, -0.15) is 0 Å². The van der Waals surface area contributed by atoms with E-state index in [1.54, 1.807) is 6.92 Å². The smallest absolute Gasteiger partial charge is 0.334 e. The van der Waals surface area contributed by atoms with Crippen molar-refractivity contribution in [2.45, 2.75) is 83.5 Å². The Morgan fingerprint density at radius 2 is 1.59 bits per heavy atom. The molecule has 0 fully saturated rings. The molecule has 1 aromatic carbocycles. The van der Waals surface area contributed by atoms with Crippen molar-refractivity contribution in [2.24, 2.45) is 0 Å². The highest BCUT2D eigenvalue weighted by atomic mass is 35.5. The number of esters is 2. The number of ether oxygens (including phenoxy) is 2. The molecule has 7 nitrogen and oxygen atoms in total. The van der Waals surface area contributed by atoms with Crippen LogP contribution in [0.25, 0.3) is 0 Å². The third kappa shape index (κ3) is 8.85. The van der Waals surface area contributed by atoms with Crippen LogP contribution in [-0.4, -0.2) is 42.7 Å². The Morgan fingerprint density at radius 3 is 2.22 bits per heavy atom.